The summed E-state index contributed by atoms with van der Waals surface area (Å²) in [6.07, 6.45) is 6.48. The summed E-state index contributed by atoms with van der Waals surface area (Å²) in [6.45, 7) is 6.70. The molecule has 14 heavy (non-hydrogen) atoms. The number of imidazole rings is 1. The van der Waals surface area contributed by atoms with Crippen LogP contribution in [0.4, 0.5) is 0 Å². The number of nitrogens with zero attached hydrogens (tertiary/aromatic N) is 2. The molecule has 1 aliphatic heterocycles. The highest BCUT2D eigenvalue weighted by atomic mass is 15.1. The number of hydrogen-bond donors (Lipinski definition) is 1. The van der Waals surface area contributed by atoms with E-state index in [0.29, 0.717) is 12.0 Å². The molecule has 0 saturated carbocycles. The Morgan fingerprint density at radius 1 is 1.43 bits per heavy atom. The standard InChI is InChI=1S/C11H19N3/c1-9(2)14-8-7-13-11(14)10-3-5-12-6-4-10/h7-10,12H,3-6H2,1-2H3. The van der Waals surface area contributed by atoms with E-state index in [2.05, 4.69) is 34.9 Å². The maximum atomic E-state index is 4.50. The molecule has 1 N–H and O–H groups in total. The van der Waals surface area contributed by atoms with Crippen molar-refractivity contribution in [2.75, 3.05) is 13.1 Å². The monoisotopic (exact) mass is 193 g/mol. The maximum Gasteiger partial charge on any atom is 0.112 e. The van der Waals surface area contributed by atoms with Crippen molar-refractivity contribution in [3.05, 3.63) is 18.2 Å². The van der Waals surface area contributed by atoms with E-state index < -0.39 is 0 Å². The van der Waals surface area contributed by atoms with Crippen LogP contribution < -0.4 is 5.32 Å². The first-order valence-electron chi connectivity index (χ1n) is 5.52. The van der Waals surface area contributed by atoms with E-state index in [4.69, 9.17) is 0 Å². The molecule has 0 unspecified atom stereocenters. The highest BCUT2D eigenvalue weighted by Gasteiger charge is 2.20. The van der Waals surface area contributed by atoms with Crippen LogP contribution in [-0.2, 0) is 0 Å². The van der Waals surface area contributed by atoms with Crippen LogP contribution in [0.15, 0.2) is 12.4 Å². The zero-order valence-electron chi connectivity index (χ0n) is 9.03. The Morgan fingerprint density at radius 2 is 2.14 bits per heavy atom. The number of hydrogen-bond acceptors (Lipinski definition) is 2. The fourth-order valence-corrected chi connectivity index (χ4v) is 2.16. The third kappa shape index (κ3) is 1.82. The predicted octanol–water partition coefficient (Wildman–Crippen LogP) is 1.93. The Kier molecular flexibility index (Phi) is 2.87. The van der Waals surface area contributed by atoms with Crippen LogP contribution >= 0.6 is 0 Å². The van der Waals surface area contributed by atoms with Crippen LogP contribution in [0.1, 0.15) is 44.5 Å². The summed E-state index contributed by atoms with van der Waals surface area (Å²) in [5, 5.41) is 3.39. The lowest BCUT2D eigenvalue weighted by Gasteiger charge is -2.24. The van der Waals surface area contributed by atoms with Gasteiger partial charge >= 0.3 is 0 Å². The Labute approximate surface area is 85.5 Å². The molecule has 0 amide bonds. The molecule has 2 heterocycles. The van der Waals surface area contributed by atoms with E-state index in [1.807, 2.05) is 6.20 Å². The van der Waals surface area contributed by atoms with Gasteiger partial charge in [-0.3, -0.25) is 0 Å². The zero-order chi connectivity index (χ0) is 9.97. The smallest absolute Gasteiger partial charge is 0.112 e. The molecule has 0 bridgehead atoms. The quantitative estimate of drug-likeness (QED) is 0.777. The van der Waals surface area contributed by atoms with E-state index in [-0.39, 0.29) is 0 Å². The van der Waals surface area contributed by atoms with Gasteiger partial charge in [0, 0.05) is 24.4 Å². The van der Waals surface area contributed by atoms with E-state index in [1.165, 1.54) is 18.7 Å². The Balaban J connectivity index is 2.17. The van der Waals surface area contributed by atoms with Gasteiger partial charge in [-0.1, -0.05) is 0 Å². The van der Waals surface area contributed by atoms with Gasteiger partial charge in [-0.05, 0) is 39.8 Å². The van der Waals surface area contributed by atoms with Gasteiger partial charge in [0.25, 0.3) is 0 Å². The average Bonchev–Trinajstić information content (AvgIpc) is 2.67. The summed E-state index contributed by atoms with van der Waals surface area (Å²) in [7, 11) is 0. The minimum absolute atomic E-state index is 0.530. The molecule has 0 atom stereocenters. The zero-order valence-corrected chi connectivity index (χ0v) is 9.03. The van der Waals surface area contributed by atoms with Gasteiger partial charge in [0.2, 0.25) is 0 Å². The largest absolute Gasteiger partial charge is 0.332 e. The second kappa shape index (κ2) is 4.13. The van der Waals surface area contributed by atoms with Crippen LogP contribution in [0.2, 0.25) is 0 Å². The molecule has 0 spiro atoms. The third-order valence-electron chi connectivity index (χ3n) is 2.96. The van der Waals surface area contributed by atoms with E-state index in [1.54, 1.807) is 0 Å². The van der Waals surface area contributed by atoms with Crippen LogP contribution in [0.3, 0.4) is 0 Å². The molecule has 3 heteroatoms. The number of nitrogens with one attached hydrogen (secondary N) is 1. The van der Waals surface area contributed by atoms with Gasteiger partial charge in [0.15, 0.2) is 0 Å². The molecule has 0 aromatic carbocycles. The van der Waals surface area contributed by atoms with Crippen LogP contribution in [0.25, 0.3) is 0 Å². The Bertz CT molecular complexity index is 284. The van der Waals surface area contributed by atoms with Crippen molar-refractivity contribution in [1.29, 1.82) is 0 Å². The molecule has 0 aliphatic carbocycles. The predicted molar refractivity (Wildman–Crippen MR) is 57.5 cm³/mol. The van der Waals surface area contributed by atoms with E-state index in [9.17, 15) is 0 Å². The third-order valence-corrected chi connectivity index (χ3v) is 2.96. The van der Waals surface area contributed by atoms with Crippen molar-refractivity contribution in [3.8, 4) is 0 Å². The number of aromatic nitrogens is 2. The SMILES string of the molecule is CC(C)n1ccnc1C1CCNCC1. The molecule has 1 fully saturated rings. The maximum absolute atomic E-state index is 4.50. The van der Waals surface area contributed by atoms with Gasteiger partial charge in [-0.25, -0.2) is 4.98 Å². The van der Waals surface area contributed by atoms with Crippen molar-refractivity contribution in [2.24, 2.45) is 0 Å². The van der Waals surface area contributed by atoms with Gasteiger partial charge in [-0.2, -0.15) is 0 Å². The van der Waals surface area contributed by atoms with Crippen molar-refractivity contribution < 1.29 is 0 Å². The molecule has 1 aromatic rings. The molecule has 3 nitrogen and oxygen atoms in total. The summed E-state index contributed by atoms with van der Waals surface area (Å²) in [5.74, 6) is 1.94. The normalized spacial score (nSPS) is 19.1. The fraction of sp³-hybridized carbons (Fsp3) is 0.727. The van der Waals surface area contributed by atoms with Crippen molar-refractivity contribution in [1.82, 2.24) is 14.9 Å². The van der Waals surface area contributed by atoms with E-state index in [0.717, 1.165) is 13.1 Å². The molecule has 1 aliphatic rings. The first-order valence-corrected chi connectivity index (χ1v) is 5.52. The lowest BCUT2D eigenvalue weighted by atomic mass is 9.97. The topological polar surface area (TPSA) is 29.9 Å². The lowest BCUT2D eigenvalue weighted by Crippen LogP contribution is -2.28. The summed E-state index contributed by atoms with van der Waals surface area (Å²) in [6, 6.07) is 0.530. The van der Waals surface area contributed by atoms with Crippen LogP contribution in [0.5, 0.6) is 0 Å². The Morgan fingerprint density at radius 3 is 2.79 bits per heavy atom. The van der Waals surface area contributed by atoms with Gasteiger partial charge in [0.05, 0.1) is 0 Å². The number of rotatable bonds is 2. The molecule has 2 rings (SSSR count). The summed E-state index contributed by atoms with van der Waals surface area (Å²) in [5.41, 5.74) is 0. The lowest BCUT2D eigenvalue weighted by molar-refractivity contribution is 0.420. The van der Waals surface area contributed by atoms with Gasteiger partial charge < -0.3 is 9.88 Å². The second-order valence-electron chi connectivity index (χ2n) is 4.31. The minimum atomic E-state index is 0.530. The van der Waals surface area contributed by atoms with E-state index >= 15 is 0 Å². The average molecular weight is 193 g/mol. The highest BCUT2D eigenvalue weighted by Crippen LogP contribution is 2.25. The molecular weight excluding hydrogens is 174 g/mol. The van der Waals surface area contributed by atoms with Crippen molar-refractivity contribution >= 4 is 0 Å². The molecule has 1 aromatic heterocycles. The minimum Gasteiger partial charge on any atom is -0.332 e. The first kappa shape index (κ1) is 9.71. The molecular formula is C11H19N3. The summed E-state index contributed by atoms with van der Waals surface area (Å²) < 4.78 is 2.30. The molecule has 78 valence electrons. The van der Waals surface area contributed by atoms with Crippen molar-refractivity contribution in [3.63, 3.8) is 0 Å². The molecule has 1 saturated heterocycles. The van der Waals surface area contributed by atoms with Gasteiger partial charge in [-0.15, -0.1) is 0 Å². The Hall–Kier alpha value is -0.830. The summed E-state index contributed by atoms with van der Waals surface area (Å²) in [4.78, 5) is 4.50. The van der Waals surface area contributed by atoms with Crippen LogP contribution in [0, 0.1) is 0 Å². The number of piperidine rings is 1. The van der Waals surface area contributed by atoms with Crippen molar-refractivity contribution in [2.45, 2.75) is 38.6 Å². The van der Waals surface area contributed by atoms with Crippen LogP contribution in [-0.4, -0.2) is 22.6 Å². The highest BCUT2D eigenvalue weighted by molar-refractivity contribution is 5.03. The second-order valence-corrected chi connectivity index (χ2v) is 4.31. The first-order chi connectivity index (χ1) is 6.79. The molecule has 0 radical (unpaired) electrons. The summed E-state index contributed by atoms with van der Waals surface area (Å²) >= 11 is 0. The van der Waals surface area contributed by atoms with Gasteiger partial charge in [0.1, 0.15) is 5.82 Å². The fourth-order valence-electron chi connectivity index (χ4n) is 2.16.